The molecule has 25 heavy (non-hydrogen) atoms. The summed E-state index contributed by atoms with van der Waals surface area (Å²) in [4.78, 5) is 19.7. The first-order valence-corrected chi connectivity index (χ1v) is 9.28. The Morgan fingerprint density at radius 2 is 1.76 bits per heavy atom. The molecule has 2 aromatic carbocycles. The first-order chi connectivity index (χ1) is 12.0. The molecule has 8 heteroatoms. The van der Waals surface area contributed by atoms with Crippen LogP contribution >= 0.6 is 0 Å². The number of sulfonamides is 1. The Labute approximate surface area is 143 Å². The number of para-hydroxylation sites is 1. The molecule has 0 aliphatic heterocycles. The second-order valence-corrected chi connectivity index (χ2v) is 7.56. The number of nitrogens with one attached hydrogen (secondary N) is 4. The summed E-state index contributed by atoms with van der Waals surface area (Å²) >= 11 is 0. The van der Waals surface area contributed by atoms with E-state index in [2.05, 4.69) is 19.7 Å². The smallest absolute Gasteiger partial charge is 0.323 e. The lowest BCUT2D eigenvalue weighted by Gasteiger charge is -2.06. The average Bonchev–Trinajstić information content (AvgIpc) is 3.16. The van der Waals surface area contributed by atoms with Crippen LogP contribution in [0.4, 0.5) is 0 Å². The van der Waals surface area contributed by atoms with Crippen molar-refractivity contribution in [3.05, 3.63) is 64.7 Å². The Morgan fingerprint density at radius 3 is 2.64 bits per heavy atom. The van der Waals surface area contributed by atoms with Gasteiger partial charge in [0.2, 0.25) is 10.0 Å². The van der Waals surface area contributed by atoms with Gasteiger partial charge in [-0.25, -0.2) is 17.9 Å². The summed E-state index contributed by atoms with van der Waals surface area (Å²) in [6, 6.07) is 12.4. The molecular formula is C17H16N4O3S. The molecule has 0 bridgehead atoms. The van der Waals surface area contributed by atoms with E-state index in [1.54, 1.807) is 6.07 Å². The van der Waals surface area contributed by atoms with Crippen molar-refractivity contribution in [2.24, 2.45) is 0 Å². The van der Waals surface area contributed by atoms with Crippen LogP contribution in [0.2, 0.25) is 0 Å². The third-order valence-electron chi connectivity index (χ3n) is 4.16. The number of imidazole rings is 1. The van der Waals surface area contributed by atoms with E-state index in [0.717, 1.165) is 16.5 Å². The predicted molar refractivity (Wildman–Crippen MR) is 96.1 cm³/mol. The summed E-state index contributed by atoms with van der Waals surface area (Å²) in [5, 5.41) is 1.09. The molecule has 7 nitrogen and oxygen atoms in total. The van der Waals surface area contributed by atoms with Gasteiger partial charge in [-0.15, -0.1) is 0 Å². The van der Waals surface area contributed by atoms with Gasteiger partial charge >= 0.3 is 5.69 Å². The summed E-state index contributed by atoms with van der Waals surface area (Å²) in [7, 11) is -3.65. The minimum absolute atomic E-state index is 0.120. The van der Waals surface area contributed by atoms with Gasteiger partial charge in [-0.05, 0) is 36.2 Å². The maximum atomic E-state index is 12.5. The summed E-state index contributed by atoms with van der Waals surface area (Å²) < 4.78 is 27.5. The molecule has 128 valence electrons. The molecule has 0 saturated heterocycles. The van der Waals surface area contributed by atoms with E-state index in [-0.39, 0.29) is 17.1 Å². The molecule has 0 fully saturated rings. The Bertz CT molecular complexity index is 1220. The lowest BCUT2D eigenvalue weighted by atomic mass is 10.1. The summed E-state index contributed by atoms with van der Waals surface area (Å²) in [5.41, 5.74) is 2.76. The van der Waals surface area contributed by atoms with Crippen molar-refractivity contribution in [3.63, 3.8) is 0 Å². The van der Waals surface area contributed by atoms with Crippen molar-refractivity contribution in [2.45, 2.75) is 11.3 Å². The Kier molecular flexibility index (Phi) is 3.70. The van der Waals surface area contributed by atoms with E-state index in [1.165, 1.54) is 12.1 Å². The maximum absolute atomic E-state index is 12.5. The molecule has 0 radical (unpaired) electrons. The van der Waals surface area contributed by atoms with Gasteiger partial charge in [-0.3, -0.25) is 0 Å². The van der Waals surface area contributed by atoms with Gasteiger partial charge < -0.3 is 15.0 Å². The average molecular weight is 356 g/mol. The lowest BCUT2D eigenvalue weighted by Crippen LogP contribution is -2.25. The third kappa shape index (κ3) is 2.97. The zero-order chi connectivity index (χ0) is 17.4. The molecule has 4 rings (SSSR count). The van der Waals surface area contributed by atoms with Crippen LogP contribution < -0.4 is 10.4 Å². The molecule has 0 spiro atoms. The molecule has 2 aromatic heterocycles. The van der Waals surface area contributed by atoms with Crippen LogP contribution in [-0.4, -0.2) is 29.9 Å². The van der Waals surface area contributed by atoms with Crippen LogP contribution in [0.25, 0.3) is 21.9 Å². The Morgan fingerprint density at radius 1 is 0.960 bits per heavy atom. The van der Waals surface area contributed by atoms with E-state index in [0.29, 0.717) is 17.5 Å². The largest absolute Gasteiger partial charge is 0.361 e. The quantitative estimate of drug-likeness (QED) is 0.438. The zero-order valence-corrected chi connectivity index (χ0v) is 14.0. The second-order valence-electron chi connectivity index (χ2n) is 5.79. The highest BCUT2D eigenvalue weighted by atomic mass is 32.2. The van der Waals surface area contributed by atoms with Gasteiger partial charge in [0, 0.05) is 23.6 Å². The van der Waals surface area contributed by atoms with Crippen molar-refractivity contribution in [1.82, 2.24) is 19.7 Å². The van der Waals surface area contributed by atoms with Gasteiger partial charge in [-0.2, -0.15) is 0 Å². The van der Waals surface area contributed by atoms with Crippen molar-refractivity contribution in [3.8, 4) is 0 Å². The summed E-state index contributed by atoms with van der Waals surface area (Å²) in [6.07, 6.45) is 2.47. The zero-order valence-electron chi connectivity index (χ0n) is 13.2. The minimum Gasteiger partial charge on any atom is -0.361 e. The van der Waals surface area contributed by atoms with Gasteiger partial charge in [0.25, 0.3) is 0 Å². The van der Waals surface area contributed by atoms with Crippen LogP contribution in [0.5, 0.6) is 0 Å². The topological polar surface area (TPSA) is 111 Å². The van der Waals surface area contributed by atoms with Gasteiger partial charge in [0.15, 0.2) is 0 Å². The fraction of sp³-hybridized carbons (Fsp3) is 0.118. The van der Waals surface area contributed by atoms with E-state index < -0.39 is 10.0 Å². The Hall–Kier alpha value is -2.84. The molecule has 4 aromatic rings. The number of H-pyrrole nitrogens is 3. The van der Waals surface area contributed by atoms with Crippen LogP contribution in [0.15, 0.2) is 58.4 Å². The fourth-order valence-electron chi connectivity index (χ4n) is 2.92. The second kappa shape index (κ2) is 5.91. The van der Waals surface area contributed by atoms with E-state index >= 15 is 0 Å². The molecule has 4 N–H and O–H groups in total. The number of aromatic nitrogens is 3. The van der Waals surface area contributed by atoms with Crippen molar-refractivity contribution >= 4 is 32.0 Å². The lowest BCUT2D eigenvalue weighted by molar-refractivity contribution is 0.582. The number of hydrogen-bond donors (Lipinski definition) is 4. The highest BCUT2D eigenvalue weighted by Crippen LogP contribution is 2.18. The fourth-order valence-corrected chi connectivity index (χ4v) is 3.98. The number of hydrogen-bond acceptors (Lipinski definition) is 3. The maximum Gasteiger partial charge on any atom is 0.323 e. The van der Waals surface area contributed by atoms with Crippen LogP contribution in [0.3, 0.4) is 0 Å². The Balaban J connectivity index is 1.51. The number of aromatic amines is 3. The van der Waals surface area contributed by atoms with Gasteiger partial charge in [0.1, 0.15) is 0 Å². The molecule has 0 amide bonds. The summed E-state index contributed by atoms with van der Waals surface area (Å²) in [6.45, 7) is 0.284. The van der Waals surface area contributed by atoms with Crippen LogP contribution in [0.1, 0.15) is 5.56 Å². The van der Waals surface area contributed by atoms with E-state index in [4.69, 9.17) is 0 Å². The number of benzene rings is 2. The van der Waals surface area contributed by atoms with Crippen LogP contribution in [-0.2, 0) is 16.4 Å². The molecule has 2 heterocycles. The standard InChI is InChI=1S/C17H16N4O3S/c22-17-20-15-6-5-12(9-16(15)21-17)25(23,24)19-8-7-11-10-18-14-4-2-1-3-13(11)14/h1-6,9-10,18-19H,7-8H2,(H2,20,21,22). The first kappa shape index (κ1) is 15.7. The van der Waals surface area contributed by atoms with Gasteiger partial charge in [0.05, 0.1) is 15.9 Å². The third-order valence-corrected chi connectivity index (χ3v) is 5.62. The summed E-state index contributed by atoms with van der Waals surface area (Å²) in [5.74, 6) is 0. The van der Waals surface area contributed by atoms with Crippen molar-refractivity contribution in [1.29, 1.82) is 0 Å². The monoisotopic (exact) mass is 356 g/mol. The van der Waals surface area contributed by atoms with Crippen LogP contribution in [0, 0.1) is 0 Å². The van der Waals surface area contributed by atoms with E-state index in [9.17, 15) is 13.2 Å². The first-order valence-electron chi connectivity index (χ1n) is 7.80. The molecule has 0 aliphatic rings. The SMILES string of the molecule is O=c1[nH]c2ccc(S(=O)(=O)NCCc3c[nH]c4ccccc34)cc2[nH]1. The predicted octanol–water partition coefficient (Wildman–Crippen LogP) is 1.86. The highest BCUT2D eigenvalue weighted by Gasteiger charge is 2.15. The van der Waals surface area contributed by atoms with Gasteiger partial charge in [-0.1, -0.05) is 18.2 Å². The molecule has 0 unspecified atom stereocenters. The van der Waals surface area contributed by atoms with Crippen molar-refractivity contribution < 1.29 is 8.42 Å². The highest BCUT2D eigenvalue weighted by molar-refractivity contribution is 7.89. The minimum atomic E-state index is -3.65. The number of fused-ring (bicyclic) bond motifs is 2. The molecular weight excluding hydrogens is 340 g/mol. The van der Waals surface area contributed by atoms with E-state index in [1.807, 2.05) is 30.5 Å². The number of rotatable bonds is 5. The van der Waals surface area contributed by atoms with Crippen molar-refractivity contribution in [2.75, 3.05) is 6.54 Å². The molecule has 0 atom stereocenters. The normalized spacial score (nSPS) is 12.2. The molecule has 0 aliphatic carbocycles. The molecule has 0 saturated carbocycles.